The van der Waals surface area contributed by atoms with Crippen LogP contribution in [0.5, 0.6) is 5.75 Å². The van der Waals surface area contributed by atoms with E-state index in [0.717, 1.165) is 23.8 Å². The fourth-order valence-corrected chi connectivity index (χ4v) is 2.82. The van der Waals surface area contributed by atoms with Crippen LogP contribution in [0, 0.1) is 5.92 Å². The second-order valence-electron chi connectivity index (χ2n) is 4.57. The van der Waals surface area contributed by atoms with E-state index >= 15 is 0 Å². The number of hydrogen-bond acceptors (Lipinski definition) is 3. The summed E-state index contributed by atoms with van der Waals surface area (Å²) in [6.45, 7) is 4.69. The number of nitrogens with zero attached hydrogens (tertiary/aromatic N) is 1. The highest BCUT2D eigenvalue weighted by atomic mass is 16.5. The van der Waals surface area contributed by atoms with E-state index < -0.39 is 0 Å². The molecule has 2 unspecified atom stereocenters. The van der Waals surface area contributed by atoms with Gasteiger partial charge < -0.3 is 10.1 Å². The minimum Gasteiger partial charge on any atom is -0.464 e. The molecule has 0 bridgehead atoms. The van der Waals surface area contributed by atoms with Crippen molar-refractivity contribution in [2.75, 3.05) is 6.54 Å². The van der Waals surface area contributed by atoms with Gasteiger partial charge in [-0.1, -0.05) is 12.7 Å². The molecule has 0 saturated carbocycles. The first-order valence-corrected chi connectivity index (χ1v) is 6.05. The zero-order chi connectivity index (χ0) is 11.7. The van der Waals surface area contributed by atoms with Gasteiger partial charge in [0.05, 0.1) is 12.5 Å². The fourth-order valence-electron chi connectivity index (χ4n) is 2.82. The van der Waals surface area contributed by atoms with E-state index in [4.69, 9.17) is 4.74 Å². The molecule has 3 heteroatoms. The third kappa shape index (κ3) is 1.87. The molecule has 1 aliphatic carbocycles. The van der Waals surface area contributed by atoms with Gasteiger partial charge in [0.1, 0.15) is 5.75 Å². The standard InChI is InChI=1S/C14H16N2O/c1-2-17-12-7-11(8-15-9-12)13-4-3-10-5-6-16-14(10)13/h2,4,7-10,14,16H,1,3,5-6H2. The molecule has 1 aliphatic heterocycles. The average Bonchev–Trinajstić information content (AvgIpc) is 2.91. The molecule has 0 radical (unpaired) electrons. The number of pyridine rings is 1. The van der Waals surface area contributed by atoms with Gasteiger partial charge in [-0.25, -0.2) is 0 Å². The molecular formula is C14H16N2O. The Morgan fingerprint density at radius 1 is 1.47 bits per heavy atom. The third-order valence-corrected chi connectivity index (χ3v) is 3.59. The van der Waals surface area contributed by atoms with Crippen molar-refractivity contribution in [1.82, 2.24) is 10.3 Å². The van der Waals surface area contributed by atoms with Crippen LogP contribution in [-0.4, -0.2) is 17.6 Å². The summed E-state index contributed by atoms with van der Waals surface area (Å²) in [5.41, 5.74) is 2.53. The highest BCUT2D eigenvalue weighted by molar-refractivity contribution is 5.72. The van der Waals surface area contributed by atoms with Crippen LogP contribution in [0.3, 0.4) is 0 Å². The van der Waals surface area contributed by atoms with Crippen LogP contribution in [0.25, 0.3) is 5.57 Å². The maximum Gasteiger partial charge on any atom is 0.145 e. The van der Waals surface area contributed by atoms with Gasteiger partial charge in [0.15, 0.2) is 0 Å². The van der Waals surface area contributed by atoms with Crippen molar-refractivity contribution in [3.05, 3.63) is 42.9 Å². The molecule has 3 rings (SSSR count). The molecule has 1 N–H and O–H groups in total. The normalized spacial score (nSPS) is 26.5. The number of nitrogens with one attached hydrogen (secondary N) is 1. The van der Waals surface area contributed by atoms with E-state index in [1.165, 1.54) is 24.7 Å². The van der Waals surface area contributed by atoms with Crippen LogP contribution in [0.4, 0.5) is 0 Å². The van der Waals surface area contributed by atoms with Gasteiger partial charge in [0, 0.05) is 17.8 Å². The number of aromatic nitrogens is 1. The summed E-state index contributed by atoms with van der Waals surface area (Å²) in [5, 5.41) is 3.56. The summed E-state index contributed by atoms with van der Waals surface area (Å²) >= 11 is 0. The van der Waals surface area contributed by atoms with Crippen molar-refractivity contribution in [2.45, 2.75) is 18.9 Å². The first-order valence-electron chi connectivity index (χ1n) is 6.05. The lowest BCUT2D eigenvalue weighted by molar-refractivity contribution is 0.480. The van der Waals surface area contributed by atoms with Crippen LogP contribution in [0.2, 0.25) is 0 Å². The summed E-state index contributed by atoms with van der Waals surface area (Å²) in [6.07, 6.45) is 9.83. The molecule has 2 atom stereocenters. The molecule has 2 aliphatic rings. The van der Waals surface area contributed by atoms with Gasteiger partial charge in [-0.3, -0.25) is 4.98 Å². The van der Waals surface area contributed by atoms with Crippen LogP contribution in [0.1, 0.15) is 18.4 Å². The Morgan fingerprint density at radius 2 is 2.41 bits per heavy atom. The highest BCUT2D eigenvalue weighted by Gasteiger charge is 2.33. The average molecular weight is 228 g/mol. The van der Waals surface area contributed by atoms with Gasteiger partial charge in [-0.15, -0.1) is 0 Å². The molecule has 2 heterocycles. The quantitative estimate of drug-likeness (QED) is 0.806. The van der Waals surface area contributed by atoms with Gasteiger partial charge in [-0.05, 0) is 36.9 Å². The van der Waals surface area contributed by atoms with Crippen molar-refractivity contribution in [1.29, 1.82) is 0 Å². The summed E-state index contributed by atoms with van der Waals surface area (Å²) in [7, 11) is 0. The Hall–Kier alpha value is -1.61. The van der Waals surface area contributed by atoms with E-state index in [9.17, 15) is 0 Å². The Labute approximate surface area is 101 Å². The highest BCUT2D eigenvalue weighted by Crippen LogP contribution is 2.37. The topological polar surface area (TPSA) is 34.1 Å². The molecule has 17 heavy (non-hydrogen) atoms. The molecule has 1 fully saturated rings. The lowest BCUT2D eigenvalue weighted by atomic mass is 9.97. The molecule has 1 saturated heterocycles. The lowest BCUT2D eigenvalue weighted by Crippen LogP contribution is -2.24. The monoisotopic (exact) mass is 228 g/mol. The Morgan fingerprint density at radius 3 is 3.29 bits per heavy atom. The Kier molecular flexibility index (Phi) is 2.69. The minimum absolute atomic E-state index is 0.510. The van der Waals surface area contributed by atoms with Crippen molar-refractivity contribution >= 4 is 5.57 Å². The predicted octanol–water partition coefficient (Wildman–Crippen LogP) is 2.37. The number of rotatable bonds is 3. The lowest BCUT2D eigenvalue weighted by Gasteiger charge is -2.15. The van der Waals surface area contributed by atoms with Crippen molar-refractivity contribution < 1.29 is 4.74 Å². The summed E-state index contributed by atoms with van der Waals surface area (Å²) in [4.78, 5) is 4.22. The molecule has 3 nitrogen and oxygen atoms in total. The number of ether oxygens (including phenoxy) is 1. The van der Waals surface area contributed by atoms with Crippen LogP contribution < -0.4 is 10.1 Å². The summed E-state index contributed by atoms with van der Waals surface area (Å²) in [6, 6.07) is 2.54. The molecule has 0 amide bonds. The van der Waals surface area contributed by atoms with Crippen molar-refractivity contribution in [3.8, 4) is 5.75 Å². The van der Waals surface area contributed by atoms with E-state index in [1.54, 1.807) is 6.20 Å². The Bertz CT molecular complexity index is 467. The molecule has 1 aromatic heterocycles. The van der Waals surface area contributed by atoms with Crippen LogP contribution >= 0.6 is 0 Å². The first-order chi connectivity index (χ1) is 8.38. The fraction of sp³-hybridized carbons (Fsp3) is 0.357. The van der Waals surface area contributed by atoms with Gasteiger partial charge >= 0.3 is 0 Å². The maximum atomic E-state index is 5.27. The van der Waals surface area contributed by atoms with Crippen molar-refractivity contribution in [2.24, 2.45) is 5.92 Å². The number of fused-ring (bicyclic) bond motifs is 1. The zero-order valence-electron chi connectivity index (χ0n) is 9.73. The third-order valence-electron chi connectivity index (χ3n) is 3.59. The molecule has 1 aromatic rings. The summed E-state index contributed by atoms with van der Waals surface area (Å²) < 4.78 is 5.27. The van der Waals surface area contributed by atoms with Gasteiger partial charge in [-0.2, -0.15) is 0 Å². The second kappa shape index (κ2) is 4.34. The largest absolute Gasteiger partial charge is 0.464 e. The van der Waals surface area contributed by atoms with E-state index in [2.05, 4.69) is 23.0 Å². The van der Waals surface area contributed by atoms with Gasteiger partial charge in [0.2, 0.25) is 0 Å². The molecule has 88 valence electrons. The van der Waals surface area contributed by atoms with Crippen LogP contribution in [0.15, 0.2) is 37.4 Å². The van der Waals surface area contributed by atoms with E-state index in [1.807, 2.05) is 12.3 Å². The minimum atomic E-state index is 0.510. The predicted molar refractivity (Wildman–Crippen MR) is 67.6 cm³/mol. The zero-order valence-corrected chi connectivity index (χ0v) is 9.73. The smallest absolute Gasteiger partial charge is 0.145 e. The van der Waals surface area contributed by atoms with E-state index in [-0.39, 0.29) is 0 Å². The summed E-state index contributed by atoms with van der Waals surface area (Å²) in [5.74, 6) is 1.52. The van der Waals surface area contributed by atoms with Crippen molar-refractivity contribution in [3.63, 3.8) is 0 Å². The molecule has 0 spiro atoms. The molecular weight excluding hydrogens is 212 g/mol. The molecule has 0 aromatic carbocycles. The van der Waals surface area contributed by atoms with Crippen LogP contribution in [-0.2, 0) is 0 Å². The Balaban J connectivity index is 1.88. The second-order valence-corrected chi connectivity index (χ2v) is 4.57. The maximum absolute atomic E-state index is 5.27. The SMILES string of the molecule is C=COc1cncc(C2=CCC3CCNC23)c1. The number of allylic oxidation sites excluding steroid dienone is 1. The first kappa shape index (κ1) is 10.5. The van der Waals surface area contributed by atoms with Gasteiger partial charge in [0.25, 0.3) is 0 Å². The van der Waals surface area contributed by atoms with E-state index in [0.29, 0.717) is 6.04 Å². The number of hydrogen-bond donors (Lipinski definition) is 1.